The molecular weight excluding hydrogens is 250 g/mol. The summed E-state index contributed by atoms with van der Waals surface area (Å²) >= 11 is 0. The van der Waals surface area contributed by atoms with Crippen LogP contribution in [-0.4, -0.2) is 26.8 Å². The topological polar surface area (TPSA) is 50.1 Å². The van der Waals surface area contributed by atoms with Crippen LogP contribution in [0.1, 0.15) is 38.4 Å². The molecule has 1 aromatic carbocycles. The fourth-order valence-electron chi connectivity index (χ4n) is 3.32. The van der Waals surface area contributed by atoms with Gasteiger partial charge in [0.05, 0.1) is 24.2 Å². The summed E-state index contributed by atoms with van der Waals surface area (Å²) in [5, 5.41) is 13.2. The first-order valence-corrected chi connectivity index (χ1v) is 7.58. The Morgan fingerprint density at radius 2 is 2.05 bits per heavy atom. The molecule has 1 heterocycles. The molecule has 2 aromatic rings. The number of hydrogen-bond donors (Lipinski definition) is 2. The standard InChI is InChI=1S/C16H23N3O/c1-2-19-14-8-4-3-7-13(14)18-15(19)11-17-16(12-20)9-5-6-10-16/h3-4,7-8,17,20H,2,5-6,9-12H2,1H3. The van der Waals surface area contributed by atoms with Crippen LogP contribution >= 0.6 is 0 Å². The summed E-state index contributed by atoms with van der Waals surface area (Å²) in [6, 6.07) is 8.26. The molecule has 1 aromatic heterocycles. The summed E-state index contributed by atoms with van der Waals surface area (Å²) in [6.07, 6.45) is 4.54. The Kier molecular flexibility index (Phi) is 3.76. The van der Waals surface area contributed by atoms with Gasteiger partial charge in [-0.15, -0.1) is 0 Å². The number of para-hydroxylation sites is 2. The van der Waals surface area contributed by atoms with Crippen LogP contribution in [0.4, 0.5) is 0 Å². The molecule has 0 saturated heterocycles. The molecule has 4 nitrogen and oxygen atoms in total. The fraction of sp³-hybridized carbons (Fsp3) is 0.562. The van der Waals surface area contributed by atoms with Gasteiger partial charge >= 0.3 is 0 Å². The van der Waals surface area contributed by atoms with Gasteiger partial charge in [0, 0.05) is 12.1 Å². The summed E-state index contributed by atoms with van der Waals surface area (Å²) < 4.78 is 2.25. The van der Waals surface area contributed by atoms with E-state index in [1.54, 1.807) is 0 Å². The highest BCUT2D eigenvalue weighted by Gasteiger charge is 2.32. The number of nitrogens with one attached hydrogen (secondary N) is 1. The van der Waals surface area contributed by atoms with Gasteiger partial charge in [0.15, 0.2) is 0 Å². The Morgan fingerprint density at radius 3 is 2.75 bits per heavy atom. The second-order valence-electron chi connectivity index (χ2n) is 5.76. The predicted molar refractivity (Wildman–Crippen MR) is 80.5 cm³/mol. The first-order chi connectivity index (χ1) is 9.78. The molecule has 20 heavy (non-hydrogen) atoms. The molecule has 0 unspecified atom stereocenters. The summed E-state index contributed by atoms with van der Waals surface area (Å²) in [4.78, 5) is 4.73. The lowest BCUT2D eigenvalue weighted by Gasteiger charge is -2.28. The molecule has 108 valence electrons. The zero-order chi connectivity index (χ0) is 14.0. The van der Waals surface area contributed by atoms with Crippen LogP contribution in [-0.2, 0) is 13.1 Å². The third kappa shape index (κ3) is 2.34. The number of aliphatic hydroxyl groups is 1. The van der Waals surface area contributed by atoms with Gasteiger partial charge in [0.25, 0.3) is 0 Å². The molecule has 0 bridgehead atoms. The lowest BCUT2D eigenvalue weighted by Crippen LogP contribution is -2.45. The maximum Gasteiger partial charge on any atom is 0.123 e. The van der Waals surface area contributed by atoms with Gasteiger partial charge in [-0.1, -0.05) is 25.0 Å². The first-order valence-electron chi connectivity index (χ1n) is 7.58. The van der Waals surface area contributed by atoms with Crippen molar-refractivity contribution in [2.75, 3.05) is 6.61 Å². The molecule has 1 aliphatic carbocycles. The van der Waals surface area contributed by atoms with E-state index in [1.807, 2.05) is 6.07 Å². The smallest absolute Gasteiger partial charge is 0.123 e. The maximum absolute atomic E-state index is 9.67. The third-order valence-electron chi connectivity index (χ3n) is 4.53. The summed E-state index contributed by atoms with van der Waals surface area (Å²) in [7, 11) is 0. The van der Waals surface area contributed by atoms with Crippen LogP contribution in [0.3, 0.4) is 0 Å². The van der Waals surface area contributed by atoms with Crippen molar-refractivity contribution in [3.63, 3.8) is 0 Å². The fourth-order valence-corrected chi connectivity index (χ4v) is 3.32. The van der Waals surface area contributed by atoms with Gasteiger partial charge in [-0.25, -0.2) is 4.98 Å². The van der Waals surface area contributed by atoms with Crippen molar-refractivity contribution >= 4 is 11.0 Å². The minimum Gasteiger partial charge on any atom is -0.394 e. The Hall–Kier alpha value is -1.39. The maximum atomic E-state index is 9.67. The summed E-state index contributed by atoms with van der Waals surface area (Å²) in [6.45, 7) is 4.01. The third-order valence-corrected chi connectivity index (χ3v) is 4.53. The lowest BCUT2D eigenvalue weighted by atomic mass is 9.99. The van der Waals surface area contributed by atoms with Crippen LogP contribution in [0.25, 0.3) is 11.0 Å². The second-order valence-corrected chi connectivity index (χ2v) is 5.76. The van der Waals surface area contributed by atoms with Gasteiger partial charge in [-0.2, -0.15) is 0 Å². The quantitative estimate of drug-likeness (QED) is 0.880. The number of aromatic nitrogens is 2. The number of benzene rings is 1. The monoisotopic (exact) mass is 273 g/mol. The van der Waals surface area contributed by atoms with E-state index in [1.165, 1.54) is 18.4 Å². The Bertz CT molecular complexity index is 584. The molecule has 0 atom stereocenters. The molecule has 0 aliphatic heterocycles. The molecule has 0 radical (unpaired) electrons. The van der Waals surface area contributed by atoms with E-state index >= 15 is 0 Å². The van der Waals surface area contributed by atoms with E-state index in [2.05, 4.69) is 35.0 Å². The first kappa shape index (κ1) is 13.6. The summed E-state index contributed by atoms with van der Waals surface area (Å²) in [5.41, 5.74) is 2.16. The lowest BCUT2D eigenvalue weighted by molar-refractivity contribution is 0.161. The van der Waals surface area contributed by atoms with Crippen molar-refractivity contribution in [2.45, 2.75) is 51.2 Å². The van der Waals surface area contributed by atoms with E-state index in [0.29, 0.717) is 0 Å². The zero-order valence-electron chi connectivity index (χ0n) is 12.1. The number of fused-ring (bicyclic) bond motifs is 1. The summed E-state index contributed by atoms with van der Waals surface area (Å²) in [5.74, 6) is 1.06. The average molecular weight is 273 g/mol. The number of nitrogens with zero attached hydrogens (tertiary/aromatic N) is 2. The molecule has 1 saturated carbocycles. The molecule has 0 amide bonds. The minimum atomic E-state index is -0.0866. The van der Waals surface area contributed by atoms with Crippen LogP contribution in [0, 0.1) is 0 Å². The normalized spacial score (nSPS) is 17.9. The zero-order valence-corrected chi connectivity index (χ0v) is 12.1. The van der Waals surface area contributed by atoms with Crippen molar-refractivity contribution in [1.82, 2.24) is 14.9 Å². The van der Waals surface area contributed by atoms with E-state index in [0.717, 1.165) is 37.3 Å². The van der Waals surface area contributed by atoms with Crippen molar-refractivity contribution in [1.29, 1.82) is 0 Å². The second kappa shape index (κ2) is 5.54. The molecule has 1 aliphatic rings. The Balaban J connectivity index is 1.83. The molecule has 2 N–H and O–H groups in total. The van der Waals surface area contributed by atoms with Gasteiger partial charge in [-0.05, 0) is 31.9 Å². The SMILES string of the molecule is CCn1c(CNC2(CO)CCCC2)nc2ccccc21. The number of hydrogen-bond acceptors (Lipinski definition) is 3. The van der Waals surface area contributed by atoms with Crippen LogP contribution in [0.2, 0.25) is 0 Å². The highest BCUT2D eigenvalue weighted by Crippen LogP contribution is 2.29. The van der Waals surface area contributed by atoms with E-state index < -0.39 is 0 Å². The minimum absolute atomic E-state index is 0.0866. The van der Waals surface area contributed by atoms with Gasteiger partial charge in [0.1, 0.15) is 5.82 Å². The van der Waals surface area contributed by atoms with Crippen LogP contribution in [0.5, 0.6) is 0 Å². The number of rotatable bonds is 5. The van der Waals surface area contributed by atoms with Crippen LogP contribution < -0.4 is 5.32 Å². The van der Waals surface area contributed by atoms with E-state index in [4.69, 9.17) is 4.98 Å². The van der Waals surface area contributed by atoms with Gasteiger partial charge < -0.3 is 15.0 Å². The number of imidazole rings is 1. The average Bonchev–Trinajstić information content (AvgIpc) is 3.09. The van der Waals surface area contributed by atoms with Crippen molar-refractivity contribution in [3.8, 4) is 0 Å². The molecule has 1 fully saturated rings. The van der Waals surface area contributed by atoms with Gasteiger partial charge in [-0.3, -0.25) is 0 Å². The molecular formula is C16H23N3O. The van der Waals surface area contributed by atoms with Crippen LogP contribution in [0.15, 0.2) is 24.3 Å². The Labute approximate surface area is 119 Å². The van der Waals surface area contributed by atoms with Crippen molar-refractivity contribution < 1.29 is 5.11 Å². The largest absolute Gasteiger partial charge is 0.394 e. The predicted octanol–water partition coefficient (Wildman–Crippen LogP) is 2.45. The molecule has 0 spiro atoms. The highest BCUT2D eigenvalue weighted by molar-refractivity contribution is 5.75. The highest BCUT2D eigenvalue weighted by atomic mass is 16.3. The van der Waals surface area contributed by atoms with E-state index in [-0.39, 0.29) is 12.1 Å². The Morgan fingerprint density at radius 1 is 1.30 bits per heavy atom. The molecule has 4 heteroatoms. The van der Waals surface area contributed by atoms with Crippen molar-refractivity contribution in [2.24, 2.45) is 0 Å². The number of aryl methyl sites for hydroxylation is 1. The number of aliphatic hydroxyl groups excluding tert-OH is 1. The van der Waals surface area contributed by atoms with Gasteiger partial charge in [0.2, 0.25) is 0 Å². The molecule has 3 rings (SSSR count). The van der Waals surface area contributed by atoms with E-state index in [9.17, 15) is 5.11 Å². The van der Waals surface area contributed by atoms with Crippen molar-refractivity contribution in [3.05, 3.63) is 30.1 Å².